The molecule has 3 heterocycles. The summed E-state index contributed by atoms with van der Waals surface area (Å²) in [5, 5.41) is 5.53. The van der Waals surface area contributed by atoms with E-state index in [0.717, 1.165) is 99.6 Å². The molecule has 0 spiro atoms. The van der Waals surface area contributed by atoms with Gasteiger partial charge in [0.25, 0.3) is 0 Å². The first-order valence-electron chi connectivity index (χ1n) is 22.3. The Morgan fingerprint density at radius 3 is 1.15 bits per heavy atom. The molecule has 12 rings (SSSR count). The smallest absolute Gasteiger partial charge is 0.160 e. The van der Waals surface area contributed by atoms with Crippen LogP contribution in [0.4, 0.5) is 0 Å². The van der Waals surface area contributed by atoms with E-state index in [9.17, 15) is 0 Å². The Hall–Kier alpha value is -8.86. The van der Waals surface area contributed by atoms with Crippen molar-refractivity contribution in [2.24, 2.45) is 0 Å². The van der Waals surface area contributed by atoms with Gasteiger partial charge in [-0.1, -0.05) is 206 Å². The van der Waals surface area contributed by atoms with E-state index in [0.29, 0.717) is 5.82 Å². The Labute approximate surface area is 383 Å². The van der Waals surface area contributed by atoms with Crippen molar-refractivity contribution in [3.63, 3.8) is 0 Å². The summed E-state index contributed by atoms with van der Waals surface area (Å²) in [4.78, 5) is 20.6. The Morgan fingerprint density at radius 1 is 0.242 bits per heavy atom. The van der Waals surface area contributed by atoms with Crippen molar-refractivity contribution >= 4 is 32.4 Å². The van der Waals surface area contributed by atoms with Crippen molar-refractivity contribution in [1.29, 1.82) is 0 Å². The second-order valence-corrected chi connectivity index (χ2v) is 16.6. The number of benzene rings is 9. The third-order valence-corrected chi connectivity index (χ3v) is 12.6. The molecule has 0 bridgehead atoms. The Bertz CT molecular complexity index is 3690. The SMILES string of the molecule is c1ccc(-c2ccc(-c3cc(-c4ccc(-c5ccccc5)cc4)c4nc(-c5ccc(-c6nccc7ccccc67)cc5)nc(-c5ccc(-c6nccc7ccccc67)cc5)c4c3)cc2)cc1. The topological polar surface area (TPSA) is 51.6 Å². The van der Waals surface area contributed by atoms with Crippen LogP contribution in [-0.4, -0.2) is 19.9 Å². The van der Waals surface area contributed by atoms with E-state index < -0.39 is 0 Å². The Balaban J connectivity index is 1.05. The molecule has 4 heteroatoms. The standard InChI is InChI=1S/C62H40N4/c1-3-11-41(12-4-1)43-19-21-45(22-20-43)53-39-56(48-25-23-44(24-26-48)42-13-5-2-6-14-42)61-57(40-53)60(51-29-27-49(28-30-51)58-54-17-9-7-15-46(54)35-37-63-58)65-62(66-61)52-33-31-50(32-34-52)59-55-18-10-8-16-47(55)36-38-64-59/h1-40H. The molecule has 0 aliphatic carbocycles. The van der Waals surface area contributed by atoms with Gasteiger partial charge in [-0.2, -0.15) is 0 Å². The lowest BCUT2D eigenvalue weighted by atomic mass is 9.92. The summed E-state index contributed by atoms with van der Waals surface area (Å²) in [7, 11) is 0. The van der Waals surface area contributed by atoms with E-state index >= 15 is 0 Å². The minimum Gasteiger partial charge on any atom is -0.256 e. The number of hydrogen-bond donors (Lipinski definition) is 0. The fourth-order valence-corrected chi connectivity index (χ4v) is 9.19. The predicted molar refractivity (Wildman–Crippen MR) is 274 cm³/mol. The van der Waals surface area contributed by atoms with E-state index in [-0.39, 0.29) is 0 Å². The zero-order chi connectivity index (χ0) is 43.8. The molecule has 3 aromatic heterocycles. The van der Waals surface area contributed by atoms with Crippen molar-refractivity contribution < 1.29 is 0 Å². The van der Waals surface area contributed by atoms with Crippen LogP contribution < -0.4 is 0 Å². The summed E-state index contributed by atoms with van der Waals surface area (Å²) in [6, 6.07) is 81.4. The molecule has 0 N–H and O–H groups in total. The highest BCUT2D eigenvalue weighted by molar-refractivity contribution is 6.05. The van der Waals surface area contributed by atoms with Crippen LogP contribution in [0, 0.1) is 0 Å². The van der Waals surface area contributed by atoms with Gasteiger partial charge < -0.3 is 0 Å². The first-order valence-corrected chi connectivity index (χ1v) is 22.3. The highest BCUT2D eigenvalue weighted by atomic mass is 14.9. The number of rotatable bonds is 8. The van der Waals surface area contributed by atoms with Gasteiger partial charge in [-0.15, -0.1) is 0 Å². The molecule has 0 aliphatic rings. The van der Waals surface area contributed by atoms with Crippen LogP contribution in [0.5, 0.6) is 0 Å². The van der Waals surface area contributed by atoms with Gasteiger partial charge in [0.05, 0.1) is 22.6 Å². The van der Waals surface area contributed by atoms with Crippen LogP contribution in [0.25, 0.3) is 122 Å². The third-order valence-electron chi connectivity index (χ3n) is 12.6. The molecule has 0 saturated carbocycles. The van der Waals surface area contributed by atoms with Gasteiger partial charge in [0.1, 0.15) is 0 Å². The highest BCUT2D eigenvalue weighted by Gasteiger charge is 2.19. The maximum atomic E-state index is 5.49. The summed E-state index contributed by atoms with van der Waals surface area (Å²) >= 11 is 0. The maximum Gasteiger partial charge on any atom is 0.160 e. The van der Waals surface area contributed by atoms with E-state index in [2.05, 4.69) is 231 Å². The van der Waals surface area contributed by atoms with Crippen molar-refractivity contribution in [2.45, 2.75) is 0 Å². The van der Waals surface area contributed by atoms with E-state index in [4.69, 9.17) is 19.9 Å². The zero-order valence-electron chi connectivity index (χ0n) is 35.9. The lowest BCUT2D eigenvalue weighted by Crippen LogP contribution is -1.98. The normalized spacial score (nSPS) is 11.3. The Kier molecular flexibility index (Phi) is 9.81. The van der Waals surface area contributed by atoms with Crippen molar-refractivity contribution in [1.82, 2.24) is 19.9 Å². The van der Waals surface area contributed by atoms with Crippen LogP contribution in [0.3, 0.4) is 0 Å². The molecule has 0 unspecified atom stereocenters. The van der Waals surface area contributed by atoms with E-state index in [1.54, 1.807) is 0 Å². The van der Waals surface area contributed by atoms with Crippen molar-refractivity contribution in [3.05, 3.63) is 243 Å². The molecule has 9 aromatic carbocycles. The van der Waals surface area contributed by atoms with Crippen molar-refractivity contribution in [2.75, 3.05) is 0 Å². The quantitative estimate of drug-likeness (QED) is 0.153. The first kappa shape index (κ1) is 38.8. The Morgan fingerprint density at radius 2 is 0.636 bits per heavy atom. The summed E-state index contributed by atoms with van der Waals surface area (Å²) in [6.07, 6.45) is 3.77. The van der Waals surface area contributed by atoms with Crippen LogP contribution in [0.1, 0.15) is 0 Å². The fraction of sp³-hybridized carbons (Fsp3) is 0. The summed E-state index contributed by atoms with van der Waals surface area (Å²) in [6.45, 7) is 0. The number of nitrogens with zero attached hydrogens (tertiary/aromatic N) is 4. The average molecular weight is 841 g/mol. The highest BCUT2D eigenvalue weighted by Crippen LogP contribution is 2.41. The molecule has 308 valence electrons. The largest absolute Gasteiger partial charge is 0.256 e. The molecule has 0 amide bonds. The van der Waals surface area contributed by atoms with Gasteiger partial charge >= 0.3 is 0 Å². The molecular weight excluding hydrogens is 801 g/mol. The second kappa shape index (κ2) is 16.7. The number of pyridine rings is 2. The molecule has 0 aliphatic heterocycles. The maximum absolute atomic E-state index is 5.49. The van der Waals surface area contributed by atoms with Gasteiger partial charge in [-0.3, -0.25) is 9.97 Å². The van der Waals surface area contributed by atoms with Crippen molar-refractivity contribution in [3.8, 4) is 89.7 Å². The molecule has 4 nitrogen and oxygen atoms in total. The molecule has 66 heavy (non-hydrogen) atoms. The average Bonchev–Trinajstić information content (AvgIpc) is 3.40. The van der Waals surface area contributed by atoms with Gasteiger partial charge in [0.15, 0.2) is 5.82 Å². The summed E-state index contributed by atoms with van der Waals surface area (Å²) < 4.78 is 0. The van der Waals surface area contributed by atoms with Gasteiger partial charge in [0, 0.05) is 56.4 Å². The van der Waals surface area contributed by atoms with Gasteiger partial charge in [-0.05, 0) is 74.0 Å². The lowest BCUT2D eigenvalue weighted by molar-refractivity contribution is 1.23. The fourth-order valence-electron chi connectivity index (χ4n) is 9.19. The second-order valence-electron chi connectivity index (χ2n) is 16.6. The molecule has 12 aromatic rings. The molecule has 0 fully saturated rings. The minimum absolute atomic E-state index is 0.650. The number of hydrogen-bond acceptors (Lipinski definition) is 4. The monoisotopic (exact) mass is 840 g/mol. The number of aromatic nitrogens is 4. The first-order chi connectivity index (χ1) is 32.7. The van der Waals surface area contributed by atoms with E-state index in [1.165, 1.54) is 16.7 Å². The third kappa shape index (κ3) is 7.27. The van der Waals surface area contributed by atoms with Crippen LogP contribution >= 0.6 is 0 Å². The lowest BCUT2D eigenvalue weighted by Gasteiger charge is -2.16. The van der Waals surface area contributed by atoms with Gasteiger partial charge in [0.2, 0.25) is 0 Å². The van der Waals surface area contributed by atoms with Crippen LogP contribution in [-0.2, 0) is 0 Å². The minimum atomic E-state index is 0.650. The molecular formula is C62H40N4. The summed E-state index contributed by atoms with van der Waals surface area (Å²) in [5.41, 5.74) is 16.7. The van der Waals surface area contributed by atoms with E-state index in [1.807, 2.05) is 12.4 Å². The van der Waals surface area contributed by atoms with Crippen LogP contribution in [0.2, 0.25) is 0 Å². The van der Waals surface area contributed by atoms with Crippen LogP contribution in [0.15, 0.2) is 243 Å². The molecule has 0 saturated heterocycles. The molecule has 0 radical (unpaired) electrons. The molecule has 0 atom stereocenters. The predicted octanol–water partition coefficient (Wildman–Crippen LogP) is 16.1. The van der Waals surface area contributed by atoms with Gasteiger partial charge in [-0.25, -0.2) is 9.97 Å². The summed E-state index contributed by atoms with van der Waals surface area (Å²) in [5.74, 6) is 0.650. The zero-order valence-corrected chi connectivity index (χ0v) is 35.9. The number of fused-ring (bicyclic) bond motifs is 3.